The Kier molecular flexibility index (Phi) is 9.72. The minimum atomic E-state index is -0.786. The van der Waals surface area contributed by atoms with E-state index in [1.165, 1.54) is 16.7 Å². The van der Waals surface area contributed by atoms with Gasteiger partial charge in [-0.1, -0.05) is 0 Å². The molecule has 12 nitrogen and oxygen atoms in total. The third kappa shape index (κ3) is 7.85. The van der Waals surface area contributed by atoms with Crippen LogP contribution in [0.2, 0.25) is 0 Å². The van der Waals surface area contributed by atoms with Crippen LogP contribution < -0.4 is 10.6 Å². The van der Waals surface area contributed by atoms with Crippen molar-refractivity contribution in [2.75, 3.05) is 43.1 Å². The van der Waals surface area contributed by atoms with Gasteiger partial charge in [-0.15, -0.1) is 11.8 Å². The van der Waals surface area contributed by atoms with Crippen LogP contribution >= 0.6 is 11.8 Å². The topological polar surface area (TPSA) is 137 Å². The lowest BCUT2D eigenvalue weighted by Crippen LogP contribution is -2.51. The van der Waals surface area contributed by atoms with E-state index in [2.05, 4.69) is 10.6 Å². The van der Waals surface area contributed by atoms with Crippen LogP contribution in [0.5, 0.6) is 0 Å². The van der Waals surface area contributed by atoms with Crippen molar-refractivity contribution in [2.24, 2.45) is 4.99 Å². The Labute approximate surface area is 261 Å². The minimum absolute atomic E-state index is 0.0284. The van der Waals surface area contributed by atoms with Crippen molar-refractivity contribution in [2.45, 2.75) is 77.5 Å². The van der Waals surface area contributed by atoms with Crippen molar-refractivity contribution in [1.82, 2.24) is 20.0 Å². The largest absolute Gasteiger partial charge is 0.461 e. The zero-order valence-electron chi connectivity index (χ0n) is 25.9. The summed E-state index contributed by atoms with van der Waals surface area (Å²) in [5.41, 5.74) is 0.666. The molecule has 2 atom stereocenters. The lowest BCUT2D eigenvalue weighted by atomic mass is 10.1. The molecule has 3 saturated heterocycles. The van der Waals surface area contributed by atoms with E-state index < -0.39 is 29.7 Å². The summed E-state index contributed by atoms with van der Waals surface area (Å²) in [5.74, 6) is 0.870. The molecule has 2 aromatic rings. The number of fused-ring (bicyclic) bond motifs is 1. The molecular weight excluding hydrogens is 584 g/mol. The number of rotatable bonds is 5. The maximum atomic E-state index is 13.7. The minimum Gasteiger partial charge on any atom is -0.461 e. The molecule has 44 heavy (non-hydrogen) atoms. The maximum Gasteiger partial charge on any atom is 0.411 e. The number of nitrogens with one attached hydrogen (secondary N) is 2. The summed E-state index contributed by atoms with van der Waals surface area (Å²) < 4.78 is 11.2. The molecule has 5 rings (SSSR count). The number of hydrogen-bond acceptors (Lipinski definition) is 8. The molecule has 0 radical (unpaired) electrons. The summed E-state index contributed by atoms with van der Waals surface area (Å²) in [5, 5.41) is 6.93. The van der Waals surface area contributed by atoms with Crippen molar-refractivity contribution in [1.29, 1.82) is 0 Å². The Balaban J connectivity index is 1.38. The number of nitrogens with zero attached hydrogens (tertiary/aromatic N) is 4. The highest BCUT2D eigenvalue weighted by Gasteiger charge is 2.38. The van der Waals surface area contributed by atoms with Crippen LogP contribution in [0.1, 0.15) is 58.6 Å². The highest BCUT2D eigenvalue weighted by Crippen LogP contribution is 2.25. The molecule has 0 aliphatic carbocycles. The molecule has 13 heteroatoms. The highest BCUT2D eigenvalue weighted by molar-refractivity contribution is 7.99. The summed E-state index contributed by atoms with van der Waals surface area (Å²) in [7, 11) is 0. The van der Waals surface area contributed by atoms with E-state index in [1.54, 1.807) is 31.7 Å². The lowest BCUT2D eigenvalue weighted by Gasteiger charge is -2.28. The van der Waals surface area contributed by atoms with E-state index in [1.807, 2.05) is 30.0 Å². The van der Waals surface area contributed by atoms with Crippen LogP contribution in [0.25, 0.3) is 11.0 Å². The van der Waals surface area contributed by atoms with Crippen LogP contribution in [0.3, 0.4) is 0 Å². The molecule has 1 aromatic carbocycles. The Morgan fingerprint density at radius 1 is 1.09 bits per heavy atom. The predicted molar refractivity (Wildman–Crippen MR) is 169 cm³/mol. The summed E-state index contributed by atoms with van der Waals surface area (Å²) in [6, 6.07) is 5.86. The van der Waals surface area contributed by atoms with E-state index in [-0.39, 0.29) is 24.3 Å². The van der Waals surface area contributed by atoms with Gasteiger partial charge in [0.25, 0.3) is 0 Å². The van der Waals surface area contributed by atoms with Crippen LogP contribution in [0, 0.1) is 6.92 Å². The number of benzene rings is 1. The van der Waals surface area contributed by atoms with Crippen LogP contribution in [0.4, 0.5) is 10.5 Å². The number of carbonyl (C=O) groups is 4. The highest BCUT2D eigenvalue weighted by atomic mass is 32.2. The van der Waals surface area contributed by atoms with E-state index in [9.17, 15) is 19.2 Å². The molecule has 3 fully saturated rings. The van der Waals surface area contributed by atoms with E-state index in [0.717, 1.165) is 55.5 Å². The SMILES string of the molecule is Cc1cc2cc(NC(=N[C@H]3CCCCN(CC(=O)N4CCCC4)C3=O)NC(=O)[C@@H]3CSCN3C(=O)OC(C)(C)C)ccc2o1. The molecule has 0 spiro atoms. The normalized spacial score (nSPS) is 21.5. The standard InChI is InChI=1S/C31H42N6O6S/c1-20-15-21-16-22(10-11-25(21)42-20)32-29(34-27(39)24-18-44-19-37(24)30(41)43-31(2,3)4)33-23-9-5-6-14-36(28(23)40)17-26(38)35-12-7-8-13-35/h10-11,15-16,23-24H,5-9,12-14,17-19H2,1-4H3,(H2,32,33,34,39)/t23-,24-/m0/s1. The first-order chi connectivity index (χ1) is 21.0. The molecule has 1 aromatic heterocycles. The number of aliphatic imine (C=N–C) groups is 1. The molecule has 3 aliphatic rings. The smallest absolute Gasteiger partial charge is 0.411 e. The van der Waals surface area contributed by atoms with Gasteiger partial charge in [0.1, 0.15) is 29.0 Å². The molecule has 3 aliphatic heterocycles. The second kappa shape index (κ2) is 13.5. The fourth-order valence-electron chi connectivity index (χ4n) is 5.59. The molecule has 0 bridgehead atoms. The first kappa shape index (κ1) is 31.7. The number of anilines is 1. The number of guanidine groups is 1. The number of ether oxygens (including phenoxy) is 1. The average molecular weight is 627 g/mol. The second-order valence-corrected chi connectivity index (χ2v) is 13.5. The molecular formula is C31H42N6O6S. The van der Waals surface area contributed by atoms with E-state index >= 15 is 0 Å². The molecule has 238 valence electrons. The number of amides is 4. The zero-order valence-corrected chi connectivity index (χ0v) is 26.7. The molecule has 0 unspecified atom stereocenters. The van der Waals surface area contributed by atoms with Crippen molar-refractivity contribution < 1.29 is 28.3 Å². The summed E-state index contributed by atoms with van der Waals surface area (Å²) >= 11 is 1.46. The number of hydrogen-bond donors (Lipinski definition) is 2. The third-order valence-corrected chi connectivity index (χ3v) is 8.79. The fourth-order valence-corrected chi connectivity index (χ4v) is 6.74. The van der Waals surface area contributed by atoms with Crippen LogP contribution in [-0.4, -0.2) is 100.0 Å². The summed E-state index contributed by atoms with van der Waals surface area (Å²) in [6.45, 7) is 9.17. The number of aryl methyl sites for hydroxylation is 1. The van der Waals surface area contributed by atoms with Crippen LogP contribution in [0.15, 0.2) is 33.7 Å². The molecule has 2 N–H and O–H groups in total. The van der Waals surface area contributed by atoms with Gasteiger partial charge in [-0.3, -0.25) is 24.6 Å². The van der Waals surface area contributed by atoms with Gasteiger partial charge >= 0.3 is 6.09 Å². The van der Waals surface area contributed by atoms with Gasteiger partial charge in [0.15, 0.2) is 0 Å². The number of carbonyl (C=O) groups excluding carboxylic acids is 4. The second-order valence-electron chi connectivity index (χ2n) is 12.5. The monoisotopic (exact) mass is 626 g/mol. The van der Waals surface area contributed by atoms with Crippen LogP contribution in [-0.2, 0) is 19.1 Å². The van der Waals surface area contributed by atoms with Gasteiger partial charge < -0.3 is 24.3 Å². The number of thioether (sulfide) groups is 1. The Hall–Kier alpha value is -3.74. The first-order valence-corrected chi connectivity index (χ1v) is 16.4. The van der Waals surface area contributed by atoms with Gasteiger partial charge in [-0.05, 0) is 84.1 Å². The number of furan rings is 1. The quantitative estimate of drug-likeness (QED) is 0.376. The van der Waals surface area contributed by atoms with Gasteiger partial charge in [-0.25, -0.2) is 9.79 Å². The van der Waals surface area contributed by atoms with Gasteiger partial charge in [0, 0.05) is 36.5 Å². The maximum absolute atomic E-state index is 13.7. The van der Waals surface area contributed by atoms with Gasteiger partial charge in [0.05, 0.1) is 12.4 Å². The van der Waals surface area contributed by atoms with Gasteiger partial charge in [0.2, 0.25) is 23.7 Å². The number of likely N-dealkylation sites (tertiary alicyclic amines) is 2. The fraction of sp³-hybridized carbons (Fsp3) is 0.581. The average Bonchev–Trinajstić information content (AvgIpc) is 3.71. The Morgan fingerprint density at radius 3 is 2.59 bits per heavy atom. The van der Waals surface area contributed by atoms with E-state index in [0.29, 0.717) is 30.3 Å². The van der Waals surface area contributed by atoms with E-state index in [4.69, 9.17) is 14.1 Å². The Morgan fingerprint density at radius 2 is 1.84 bits per heavy atom. The van der Waals surface area contributed by atoms with Crippen molar-refractivity contribution in [3.05, 3.63) is 30.0 Å². The van der Waals surface area contributed by atoms with Crippen molar-refractivity contribution >= 4 is 58.2 Å². The first-order valence-electron chi connectivity index (χ1n) is 15.3. The molecule has 4 heterocycles. The summed E-state index contributed by atoms with van der Waals surface area (Å²) in [6.07, 6.45) is 3.40. The summed E-state index contributed by atoms with van der Waals surface area (Å²) in [4.78, 5) is 62.7. The molecule has 4 amide bonds. The van der Waals surface area contributed by atoms with Crippen molar-refractivity contribution in [3.63, 3.8) is 0 Å². The van der Waals surface area contributed by atoms with Gasteiger partial charge in [-0.2, -0.15) is 0 Å². The zero-order chi connectivity index (χ0) is 31.4. The van der Waals surface area contributed by atoms with Crippen molar-refractivity contribution in [3.8, 4) is 0 Å². The Bertz CT molecular complexity index is 1430. The third-order valence-electron chi connectivity index (χ3n) is 7.78. The molecule has 0 saturated carbocycles. The lowest BCUT2D eigenvalue weighted by molar-refractivity contribution is -0.140. The predicted octanol–water partition coefficient (Wildman–Crippen LogP) is 3.94.